The van der Waals surface area contributed by atoms with Crippen LogP contribution in [0.15, 0.2) is 59.5 Å². The molecule has 0 spiro atoms. The van der Waals surface area contributed by atoms with Crippen LogP contribution in [0, 0.1) is 0 Å². The molecule has 0 radical (unpaired) electrons. The van der Waals surface area contributed by atoms with Crippen molar-refractivity contribution in [3.63, 3.8) is 0 Å². The van der Waals surface area contributed by atoms with Gasteiger partial charge in [-0.2, -0.15) is 0 Å². The second-order valence-corrected chi connectivity index (χ2v) is 9.30. The maximum atomic E-state index is 2.31. The Morgan fingerprint density at radius 2 is 1.74 bits per heavy atom. The molecule has 0 nitrogen and oxygen atoms in total. The van der Waals surface area contributed by atoms with E-state index in [2.05, 4.69) is 81.7 Å². The minimum atomic E-state index is 0.138. The van der Waals surface area contributed by atoms with Crippen LogP contribution in [0.4, 0.5) is 0 Å². The summed E-state index contributed by atoms with van der Waals surface area (Å²) >= 11 is 1.96. The molecule has 1 atom stereocenters. The van der Waals surface area contributed by atoms with Crippen molar-refractivity contribution in [2.75, 3.05) is 6.26 Å². The van der Waals surface area contributed by atoms with Crippen LogP contribution < -0.4 is 0 Å². The van der Waals surface area contributed by atoms with E-state index in [4.69, 9.17) is 0 Å². The highest BCUT2D eigenvalue weighted by Crippen LogP contribution is 2.34. The van der Waals surface area contributed by atoms with Crippen LogP contribution in [0.3, 0.4) is 0 Å². The molecule has 1 aromatic rings. The summed E-state index contributed by atoms with van der Waals surface area (Å²) in [6, 6.07) is 10.8. The molecule has 0 aliphatic carbocycles. The van der Waals surface area contributed by atoms with Crippen molar-refractivity contribution in [2.45, 2.75) is 37.3 Å². The Morgan fingerprint density at radius 1 is 1.11 bits per heavy atom. The molecule has 0 saturated heterocycles. The van der Waals surface area contributed by atoms with E-state index in [1.807, 2.05) is 18.7 Å². The Morgan fingerprint density at radius 3 is 2.26 bits per heavy atom. The molecule has 0 bridgehead atoms. The zero-order valence-corrected chi connectivity index (χ0v) is 14.1. The zero-order valence-electron chi connectivity index (χ0n) is 12.5. The van der Waals surface area contributed by atoms with Crippen molar-refractivity contribution in [1.29, 1.82) is 0 Å². The fourth-order valence-electron chi connectivity index (χ4n) is 1.49. The number of rotatable bonds is 3. The van der Waals surface area contributed by atoms with E-state index in [0.29, 0.717) is 0 Å². The molecule has 1 aromatic carbocycles. The van der Waals surface area contributed by atoms with Crippen molar-refractivity contribution < 1.29 is 0 Å². The maximum Gasteiger partial charge on any atom is 0.0355 e. The summed E-state index contributed by atoms with van der Waals surface area (Å²) in [6.45, 7) is 8.85. The first kappa shape index (κ1) is 16.3. The Hall–Kier alpha value is -0.730. The van der Waals surface area contributed by atoms with Gasteiger partial charge in [-0.05, 0) is 31.4 Å². The molecule has 0 saturated carbocycles. The molecule has 0 N–H and O–H groups in total. The predicted octanol–water partition coefficient (Wildman–Crippen LogP) is 5.74. The highest BCUT2D eigenvalue weighted by molar-refractivity contribution is 8.34. The second kappa shape index (κ2) is 7.76. The van der Waals surface area contributed by atoms with Gasteiger partial charge in [-0.25, -0.2) is 0 Å². The molecule has 1 rings (SSSR count). The fraction of sp³-hybridized carbons (Fsp3) is 0.353. The number of hydrogen-bond acceptors (Lipinski definition) is 1. The van der Waals surface area contributed by atoms with Gasteiger partial charge in [0, 0.05) is 13.8 Å². The molecule has 0 amide bonds. The fourth-order valence-corrected chi connectivity index (χ4v) is 4.86. The molecule has 1 unspecified atom stereocenters. The molecule has 19 heavy (non-hydrogen) atoms. The van der Waals surface area contributed by atoms with Gasteiger partial charge in [0.25, 0.3) is 0 Å². The van der Waals surface area contributed by atoms with Gasteiger partial charge < -0.3 is 0 Å². The molecule has 0 fully saturated rings. The summed E-state index contributed by atoms with van der Waals surface area (Å²) in [5.74, 6) is 0. The van der Waals surface area contributed by atoms with Gasteiger partial charge in [0.1, 0.15) is 0 Å². The van der Waals surface area contributed by atoms with E-state index in [1.165, 1.54) is 9.09 Å². The van der Waals surface area contributed by atoms with E-state index >= 15 is 0 Å². The number of hydrogen-bond donors (Lipinski definition) is 0. The largest absolute Gasteiger partial charge is 0.144 e. The molecule has 0 heterocycles. The van der Waals surface area contributed by atoms with Crippen molar-refractivity contribution in [2.24, 2.45) is 0 Å². The molecule has 0 aromatic heterocycles. The van der Waals surface area contributed by atoms with E-state index in [9.17, 15) is 0 Å². The van der Waals surface area contributed by atoms with Crippen LogP contribution in [-0.4, -0.2) is 15.2 Å². The monoisotopic (exact) mass is 292 g/mol. The minimum Gasteiger partial charge on any atom is -0.144 e. The van der Waals surface area contributed by atoms with Crippen LogP contribution in [0.1, 0.15) is 27.7 Å². The Kier molecular flexibility index (Phi) is 6.67. The maximum absolute atomic E-state index is 2.31. The van der Waals surface area contributed by atoms with Gasteiger partial charge in [0.2, 0.25) is 0 Å². The summed E-state index contributed by atoms with van der Waals surface area (Å²) in [5, 5.41) is 0. The summed E-state index contributed by atoms with van der Waals surface area (Å²) in [5.41, 5.74) is 0. The average Bonchev–Trinajstić information content (AvgIpc) is 2.36. The lowest BCUT2D eigenvalue weighted by molar-refractivity contribution is 0.809. The van der Waals surface area contributed by atoms with Crippen molar-refractivity contribution in [3.8, 4) is 0 Å². The van der Waals surface area contributed by atoms with E-state index < -0.39 is 0 Å². The van der Waals surface area contributed by atoms with Gasteiger partial charge in [0.15, 0.2) is 0 Å². The van der Waals surface area contributed by atoms with Gasteiger partial charge in [-0.3, -0.25) is 0 Å². The van der Waals surface area contributed by atoms with Crippen LogP contribution in [0.5, 0.6) is 0 Å². The second-order valence-electron chi connectivity index (χ2n) is 5.24. The molecular formula is C17H24S2. The van der Waals surface area contributed by atoms with Gasteiger partial charge in [-0.1, -0.05) is 57.2 Å². The van der Waals surface area contributed by atoms with Gasteiger partial charge in [0.05, 0.1) is 0 Å². The first-order chi connectivity index (χ1) is 8.94. The van der Waals surface area contributed by atoms with Crippen LogP contribution in [0.2, 0.25) is 0 Å². The van der Waals surface area contributed by atoms with Crippen molar-refractivity contribution in [1.82, 2.24) is 0 Å². The minimum absolute atomic E-state index is 0.138. The molecule has 0 aliphatic rings. The molecule has 104 valence electrons. The quantitative estimate of drug-likeness (QED) is 0.389. The average molecular weight is 293 g/mol. The summed E-state index contributed by atoms with van der Waals surface area (Å²) < 4.78 is 1.68. The highest BCUT2D eigenvalue weighted by Gasteiger charge is 2.14. The number of allylic oxidation sites excluding steroid dienone is 3. The molecular weight excluding hydrogens is 268 g/mol. The van der Waals surface area contributed by atoms with Crippen LogP contribution >= 0.6 is 22.2 Å². The van der Waals surface area contributed by atoms with Gasteiger partial charge >= 0.3 is 0 Å². The van der Waals surface area contributed by atoms with E-state index in [1.54, 1.807) is 0 Å². The standard InChI is InChI=1S/C17H24S2/c1-6-7-9-14-16(18-17(2,3)4)19(5)15-12-10-8-11-13-15/h6-14H,1-5H3/b7-6-,14-9-. The van der Waals surface area contributed by atoms with Gasteiger partial charge in [-0.15, -0.1) is 22.2 Å². The zero-order chi connectivity index (χ0) is 14.3. The predicted molar refractivity (Wildman–Crippen MR) is 94.5 cm³/mol. The van der Waals surface area contributed by atoms with Crippen molar-refractivity contribution in [3.05, 3.63) is 54.6 Å². The lowest BCUT2D eigenvalue weighted by atomic mass is 10.3. The molecule has 2 heteroatoms. The van der Waals surface area contributed by atoms with Crippen LogP contribution in [-0.2, 0) is 0 Å². The first-order valence-electron chi connectivity index (χ1n) is 6.50. The molecule has 0 aliphatic heterocycles. The Bertz CT molecular complexity index is 474. The third-order valence-electron chi connectivity index (χ3n) is 2.34. The van der Waals surface area contributed by atoms with E-state index in [0.717, 1.165) is 0 Å². The smallest absolute Gasteiger partial charge is 0.0355 e. The third kappa shape index (κ3) is 6.31. The number of benzene rings is 1. The summed E-state index contributed by atoms with van der Waals surface area (Å²) in [7, 11) is 0.138. The highest BCUT2D eigenvalue weighted by atomic mass is 32.2. The summed E-state index contributed by atoms with van der Waals surface area (Å²) in [6.07, 6.45) is 10.9. The normalized spacial score (nSPS) is 15.1. The van der Waals surface area contributed by atoms with E-state index in [-0.39, 0.29) is 15.2 Å². The lowest BCUT2D eigenvalue weighted by Crippen LogP contribution is -2.10. The topological polar surface area (TPSA) is 0 Å². The number of thioether (sulfide) groups is 1. The van der Waals surface area contributed by atoms with Crippen molar-refractivity contribution >= 4 is 26.4 Å². The lowest BCUT2D eigenvalue weighted by Gasteiger charge is -2.20. The van der Waals surface area contributed by atoms with Crippen LogP contribution in [0.25, 0.3) is 0 Å². The Labute approximate surface area is 124 Å². The summed E-state index contributed by atoms with van der Waals surface area (Å²) in [4.78, 5) is 1.40. The first-order valence-corrected chi connectivity index (χ1v) is 8.95. The SMILES string of the molecule is C\C=C/C=C\C(SC(C)(C)C)=S(/C)c1ccccc1. The third-order valence-corrected chi connectivity index (χ3v) is 6.01. The Balaban J connectivity index is 3.13.